The van der Waals surface area contributed by atoms with Crippen LogP contribution in [0.5, 0.6) is 0 Å². The summed E-state index contributed by atoms with van der Waals surface area (Å²) in [6.45, 7) is 8.23. The zero-order chi connectivity index (χ0) is 11.1. The van der Waals surface area contributed by atoms with Crippen molar-refractivity contribution >= 4 is 7.12 Å². The summed E-state index contributed by atoms with van der Waals surface area (Å²) in [5.74, 6) is 0. The lowest BCUT2D eigenvalue weighted by Gasteiger charge is -2.32. The summed E-state index contributed by atoms with van der Waals surface area (Å²) >= 11 is 0. The Morgan fingerprint density at radius 1 is 1.13 bits per heavy atom. The van der Waals surface area contributed by atoms with Crippen LogP contribution in [0.1, 0.15) is 27.7 Å². The molecule has 0 spiro atoms. The molecule has 15 heavy (non-hydrogen) atoms. The molecule has 1 saturated heterocycles. The van der Waals surface area contributed by atoms with E-state index in [1.165, 1.54) is 0 Å². The highest BCUT2D eigenvalue weighted by molar-refractivity contribution is 6.55. The molecule has 0 N–H and O–H groups in total. The van der Waals surface area contributed by atoms with Gasteiger partial charge in [-0.3, -0.25) is 0 Å². The van der Waals surface area contributed by atoms with Crippen molar-refractivity contribution in [3.8, 4) is 0 Å². The summed E-state index contributed by atoms with van der Waals surface area (Å²) in [6, 6.07) is 0. The van der Waals surface area contributed by atoms with Gasteiger partial charge >= 0.3 is 7.12 Å². The van der Waals surface area contributed by atoms with E-state index in [-0.39, 0.29) is 18.3 Å². The molecule has 2 nitrogen and oxygen atoms in total. The summed E-state index contributed by atoms with van der Waals surface area (Å²) in [7, 11) is -0.260. The van der Waals surface area contributed by atoms with Crippen molar-refractivity contribution in [3.63, 3.8) is 0 Å². The molecule has 0 aromatic heterocycles. The fourth-order valence-corrected chi connectivity index (χ4v) is 1.54. The molecule has 1 aliphatic heterocycles. The monoisotopic (exact) mass is 203 g/mol. The molecule has 0 atom stereocenters. The molecule has 1 heterocycles. The summed E-state index contributed by atoms with van der Waals surface area (Å²) in [6.07, 6.45) is 10.7. The van der Waals surface area contributed by atoms with Crippen LogP contribution in [0.3, 0.4) is 0 Å². The quantitative estimate of drug-likeness (QED) is 0.481. The topological polar surface area (TPSA) is 18.5 Å². The number of allylic oxidation sites excluding steroid dienone is 6. The molecule has 0 unspecified atom stereocenters. The lowest BCUT2D eigenvalue weighted by molar-refractivity contribution is 0.00578. The smallest absolute Gasteiger partial charge is 0.398 e. The van der Waals surface area contributed by atoms with E-state index >= 15 is 0 Å². The summed E-state index contributed by atoms with van der Waals surface area (Å²) in [5.41, 5.74) is 0.515. The van der Waals surface area contributed by atoms with Gasteiger partial charge in [0, 0.05) is 18.2 Å². The van der Waals surface area contributed by atoms with Crippen molar-refractivity contribution in [1.82, 2.24) is 0 Å². The Labute approximate surface area is 91.8 Å². The molecule has 0 radical (unpaired) electrons. The highest BCUT2D eigenvalue weighted by atomic mass is 16.7. The second kappa shape index (κ2) is 3.31. The van der Waals surface area contributed by atoms with Crippen LogP contribution in [0, 0.1) is 6.08 Å². The molecule has 1 aliphatic carbocycles. The van der Waals surface area contributed by atoms with E-state index in [2.05, 4.69) is 33.8 Å². The van der Waals surface area contributed by atoms with Crippen LogP contribution < -0.4 is 0 Å². The van der Waals surface area contributed by atoms with Crippen molar-refractivity contribution in [1.29, 1.82) is 0 Å². The molecule has 78 valence electrons. The molecular formula is C12H16BO2+. The van der Waals surface area contributed by atoms with Gasteiger partial charge in [0.05, 0.1) is 16.7 Å². The first-order chi connectivity index (χ1) is 6.92. The van der Waals surface area contributed by atoms with Crippen molar-refractivity contribution in [2.24, 2.45) is 0 Å². The normalized spacial score (nSPS) is 26.4. The standard InChI is InChI=1S/C12H16BO2/c1-11(2)12(3,4)15-13(14-11)10-8-6-5-7-9-10/h6-9H,1-4H3/q+1. The predicted molar refractivity (Wildman–Crippen MR) is 61.1 cm³/mol. The van der Waals surface area contributed by atoms with E-state index in [4.69, 9.17) is 9.31 Å². The summed E-state index contributed by atoms with van der Waals surface area (Å²) < 4.78 is 11.8. The first-order valence-corrected chi connectivity index (χ1v) is 5.24. The lowest BCUT2D eigenvalue weighted by Crippen LogP contribution is -2.41. The van der Waals surface area contributed by atoms with Crippen molar-refractivity contribution in [3.05, 3.63) is 35.9 Å². The Bertz CT molecular complexity index is 335. The van der Waals surface area contributed by atoms with Gasteiger partial charge in [-0.1, -0.05) is 0 Å². The van der Waals surface area contributed by atoms with Crippen LogP contribution in [-0.2, 0) is 9.31 Å². The van der Waals surface area contributed by atoms with Gasteiger partial charge in [-0.2, -0.15) is 0 Å². The van der Waals surface area contributed by atoms with Gasteiger partial charge in [0.2, 0.25) is 0 Å². The van der Waals surface area contributed by atoms with Crippen molar-refractivity contribution in [2.45, 2.75) is 38.9 Å². The van der Waals surface area contributed by atoms with E-state index in [0.29, 0.717) is 0 Å². The Balaban J connectivity index is 2.20. The average Bonchev–Trinajstić information content (AvgIpc) is 2.38. The van der Waals surface area contributed by atoms with Crippen molar-refractivity contribution < 1.29 is 9.31 Å². The molecule has 2 aliphatic rings. The fourth-order valence-electron chi connectivity index (χ4n) is 1.54. The van der Waals surface area contributed by atoms with E-state index in [1.807, 2.05) is 24.3 Å². The Hall–Kier alpha value is -0.885. The highest BCUT2D eigenvalue weighted by Gasteiger charge is 2.53. The molecule has 0 aromatic carbocycles. The average molecular weight is 203 g/mol. The fraction of sp³-hybridized carbons (Fsp3) is 0.500. The number of hydrogen-bond donors (Lipinski definition) is 0. The third-order valence-electron chi connectivity index (χ3n) is 3.27. The van der Waals surface area contributed by atoms with Crippen LogP contribution in [0.15, 0.2) is 29.8 Å². The van der Waals surface area contributed by atoms with Gasteiger partial charge < -0.3 is 9.31 Å². The van der Waals surface area contributed by atoms with Crippen LogP contribution in [0.2, 0.25) is 0 Å². The zero-order valence-electron chi connectivity index (χ0n) is 9.70. The van der Waals surface area contributed by atoms with Gasteiger partial charge in [-0.25, -0.2) is 0 Å². The van der Waals surface area contributed by atoms with Crippen LogP contribution >= 0.6 is 0 Å². The van der Waals surface area contributed by atoms with Gasteiger partial charge in [-0.05, 0) is 27.7 Å². The maximum Gasteiger partial charge on any atom is 0.523 e. The second-order valence-electron chi connectivity index (χ2n) is 4.92. The SMILES string of the molecule is CC1(C)OB(C2=CC=[C+]C=C2)OC1(C)C. The minimum Gasteiger partial charge on any atom is -0.398 e. The molecular weight excluding hydrogens is 187 g/mol. The number of rotatable bonds is 1. The van der Waals surface area contributed by atoms with E-state index in [0.717, 1.165) is 5.47 Å². The van der Waals surface area contributed by atoms with Crippen LogP contribution in [0.4, 0.5) is 0 Å². The van der Waals surface area contributed by atoms with Crippen LogP contribution in [0.25, 0.3) is 0 Å². The maximum atomic E-state index is 5.91. The maximum absolute atomic E-state index is 5.91. The molecule has 1 fully saturated rings. The molecule has 0 saturated carbocycles. The third-order valence-corrected chi connectivity index (χ3v) is 3.27. The zero-order valence-corrected chi connectivity index (χ0v) is 9.70. The Morgan fingerprint density at radius 2 is 1.73 bits per heavy atom. The summed E-state index contributed by atoms with van der Waals surface area (Å²) in [5, 5.41) is 0. The minimum atomic E-state index is -0.267. The lowest BCUT2D eigenvalue weighted by atomic mass is 9.77. The van der Waals surface area contributed by atoms with E-state index in [1.54, 1.807) is 0 Å². The summed E-state index contributed by atoms with van der Waals surface area (Å²) in [4.78, 5) is 0. The third kappa shape index (κ3) is 1.79. The molecule has 2 rings (SSSR count). The first kappa shape index (κ1) is 10.6. The van der Waals surface area contributed by atoms with E-state index in [9.17, 15) is 0 Å². The van der Waals surface area contributed by atoms with Gasteiger partial charge in [-0.15, -0.1) is 0 Å². The second-order valence-corrected chi connectivity index (χ2v) is 4.92. The van der Waals surface area contributed by atoms with Crippen molar-refractivity contribution in [2.75, 3.05) is 0 Å². The minimum absolute atomic E-state index is 0.260. The molecule has 0 amide bonds. The number of hydrogen-bond acceptors (Lipinski definition) is 2. The van der Waals surface area contributed by atoms with Gasteiger partial charge in [0.25, 0.3) is 0 Å². The predicted octanol–water partition coefficient (Wildman–Crippen LogP) is 2.47. The van der Waals surface area contributed by atoms with Gasteiger partial charge in [0.1, 0.15) is 12.2 Å². The molecule has 3 heteroatoms. The highest BCUT2D eigenvalue weighted by Crippen LogP contribution is 2.38. The Morgan fingerprint density at radius 3 is 2.20 bits per heavy atom. The molecule has 0 bridgehead atoms. The largest absolute Gasteiger partial charge is 0.523 e. The van der Waals surface area contributed by atoms with E-state index < -0.39 is 0 Å². The van der Waals surface area contributed by atoms with Gasteiger partial charge in [0.15, 0.2) is 0 Å². The molecule has 0 aromatic rings. The van der Waals surface area contributed by atoms with Crippen LogP contribution in [-0.4, -0.2) is 18.3 Å². The first-order valence-electron chi connectivity index (χ1n) is 5.24. The Kier molecular flexibility index (Phi) is 2.35.